The highest BCUT2D eigenvalue weighted by Gasteiger charge is 2.25. The SMILES string of the molecule is COc1cc(OC)c(C(=O)c2cc(OC)c(OC)cc2O)c(OC)c1. The Labute approximate surface area is 145 Å². The van der Waals surface area contributed by atoms with Gasteiger partial charge in [-0.3, -0.25) is 4.79 Å². The molecule has 0 unspecified atom stereocenters. The number of carbonyl (C=O) groups is 1. The Hall–Kier alpha value is -3.09. The highest BCUT2D eigenvalue weighted by Crippen LogP contribution is 2.40. The maximum atomic E-state index is 13.0. The largest absolute Gasteiger partial charge is 0.507 e. The molecule has 0 aliphatic rings. The van der Waals surface area contributed by atoms with E-state index in [9.17, 15) is 9.90 Å². The van der Waals surface area contributed by atoms with Gasteiger partial charge in [0, 0.05) is 18.2 Å². The van der Waals surface area contributed by atoms with Gasteiger partial charge in [-0.1, -0.05) is 0 Å². The van der Waals surface area contributed by atoms with E-state index in [4.69, 9.17) is 23.7 Å². The van der Waals surface area contributed by atoms with Crippen LogP contribution < -0.4 is 23.7 Å². The number of methoxy groups -OCH3 is 5. The van der Waals surface area contributed by atoms with Crippen LogP contribution in [-0.2, 0) is 0 Å². The fourth-order valence-electron chi connectivity index (χ4n) is 2.41. The number of ether oxygens (including phenoxy) is 5. The number of hydrogen-bond donors (Lipinski definition) is 1. The second-order valence-corrected chi connectivity index (χ2v) is 4.96. The van der Waals surface area contributed by atoms with Crippen LogP contribution in [0.25, 0.3) is 0 Å². The van der Waals surface area contributed by atoms with Crippen molar-refractivity contribution in [2.24, 2.45) is 0 Å². The lowest BCUT2D eigenvalue weighted by Crippen LogP contribution is -2.08. The number of ketones is 1. The summed E-state index contributed by atoms with van der Waals surface area (Å²) in [5.41, 5.74) is 0.188. The zero-order chi connectivity index (χ0) is 18.6. The smallest absolute Gasteiger partial charge is 0.204 e. The zero-order valence-electron chi connectivity index (χ0n) is 14.7. The van der Waals surface area contributed by atoms with Gasteiger partial charge >= 0.3 is 0 Å². The third-order valence-corrected chi connectivity index (χ3v) is 3.69. The van der Waals surface area contributed by atoms with Crippen molar-refractivity contribution in [3.05, 3.63) is 35.4 Å². The predicted molar refractivity (Wildman–Crippen MR) is 90.7 cm³/mol. The summed E-state index contributed by atoms with van der Waals surface area (Å²) in [6.07, 6.45) is 0. The van der Waals surface area contributed by atoms with Crippen molar-refractivity contribution in [1.82, 2.24) is 0 Å². The molecule has 0 amide bonds. The minimum absolute atomic E-state index is 0.0272. The molecule has 0 spiro atoms. The van der Waals surface area contributed by atoms with Crippen molar-refractivity contribution in [2.45, 2.75) is 0 Å². The number of hydrogen-bond acceptors (Lipinski definition) is 7. The standard InChI is InChI=1S/C18H20O7/c1-21-10-6-15(24-4)17(16(7-10)25-5)18(20)11-8-13(22-2)14(23-3)9-12(11)19/h6-9,19H,1-5H3. The predicted octanol–water partition coefficient (Wildman–Crippen LogP) is 2.67. The normalized spacial score (nSPS) is 10.1. The third-order valence-electron chi connectivity index (χ3n) is 3.69. The van der Waals surface area contributed by atoms with E-state index in [0.717, 1.165) is 0 Å². The first-order valence-electron chi connectivity index (χ1n) is 7.30. The van der Waals surface area contributed by atoms with Crippen molar-refractivity contribution in [2.75, 3.05) is 35.5 Å². The molecule has 0 aromatic heterocycles. The summed E-state index contributed by atoms with van der Waals surface area (Å²) in [5.74, 6) is 0.880. The molecule has 25 heavy (non-hydrogen) atoms. The highest BCUT2D eigenvalue weighted by molar-refractivity contribution is 6.14. The molecular formula is C18H20O7. The first-order chi connectivity index (χ1) is 12.0. The number of phenols is 1. The summed E-state index contributed by atoms with van der Waals surface area (Å²) < 4.78 is 26.1. The number of benzene rings is 2. The molecular weight excluding hydrogens is 328 g/mol. The molecule has 2 rings (SSSR count). The summed E-state index contributed by atoms with van der Waals surface area (Å²) in [6, 6.07) is 5.84. The van der Waals surface area contributed by atoms with Crippen LogP contribution in [0.5, 0.6) is 34.5 Å². The minimum atomic E-state index is -0.491. The van der Waals surface area contributed by atoms with E-state index in [0.29, 0.717) is 17.2 Å². The van der Waals surface area contributed by atoms with Gasteiger partial charge in [-0.15, -0.1) is 0 Å². The summed E-state index contributed by atoms with van der Waals surface area (Å²) in [4.78, 5) is 13.0. The molecule has 0 aliphatic carbocycles. The topological polar surface area (TPSA) is 83.5 Å². The van der Waals surface area contributed by atoms with Gasteiger partial charge in [-0.25, -0.2) is 0 Å². The first kappa shape index (κ1) is 18.3. The van der Waals surface area contributed by atoms with E-state index >= 15 is 0 Å². The van der Waals surface area contributed by atoms with E-state index in [1.54, 1.807) is 12.1 Å². The second kappa shape index (κ2) is 7.65. The van der Waals surface area contributed by atoms with Gasteiger partial charge in [0.1, 0.15) is 28.6 Å². The molecule has 1 N–H and O–H groups in total. The number of aromatic hydroxyl groups is 1. The molecule has 0 saturated carbocycles. The molecule has 0 aliphatic heterocycles. The average molecular weight is 348 g/mol. The number of carbonyl (C=O) groups excluding carboxylic acids is 1. The van der Waals surface area contributed by atoms with E-state index in [1.807, 2.05) is 0 Å². The maximum Gasteiger partial charge on any atom is 0.204 e. The van der Waals surface area contributed by atoms with Crippen LogP contribution in [0.2, 0.25) is 0 Å². The Kier molecular flexibility index (Phi) is 5.59. The van der Waals surface area contributed by atoms with Crippen LogP contribution >= 0.6 is 0 Å². The lowest BCUT2D eigenvalue weighted by molar-refractivity contribution is 0.103. The Morgan fingerprint density at radius 3 is 1.64 bits per heavy atom. The van der Waals surface area contributed by atoms with Gasteiger partial charge in [0.2, 0.25) is 5.78 Å². The molecule has 0 fully saturated rings. The number of phenolic OH excluding ortho intramolecular Hbond substituents is 1. The van der Waals surface area contributed by atoms with Gasteiger partial charge in [0.15, 0.2) is 11.5 Å². The Morgan fingerprint density at radius 1 is 0.720 bits per heavy atom. The summed E-state index contributed by atoms with van der Waals surface area (Å²) in [6.45, 7) is 0. The van der Waals surface area contributed by atoms with Gasteiger partial charge < -0.3 is 28.8 Å². The van der Waals surface area contributed by atoms with Crippen LogP contribution in [0, 0.1) is 0 Å². The van der Waals surface area contributed by atoms with Gasteiger partial charge in [-0.05, 0) is 6.07 Å². The van der Waals surface area contributed by atoms with Crippen LogP contribution in [-0.4, -0.2) is 46.4 Å². The van der Waals surface area contributed by atoms with Crippen LogP contribution in [0.15, 0.2) is 24.3 Å². The highest BCUT2D eigenvalue weighted by atomic mass is 16.5. The van der Waals surface area contributed by atoms with E-state index < -0.39 is 5.78 Å². The minimum Gasteiger partial charge on any atom is -0.507 e. The monoisotopic (exact) mass is 348 g/mol. The average Bonchev–Trinajstić information content (AvgIpc) is 2.65. The van der Waals surface area contributed by atoms with Crippen LogP contribution in [0.3, 0.4) is 0 Å². The quantitative estimate of drug-likeness (QED) is 0.770. The van der Waals surface area contributed by atoms with Crippen molar-refractivity contribution >= 4 is 5.78 Å². The van der Waals surface area contributed by atoms with Crippen molar-refractivity contribution < 1.29 is 33.6 Å². The lowest BCUT2D eigenvalue weighted by atomic mass is 9.99. The van der Waals surface area contributed by atoms with E-state index in [-0.39, 0.29) is 28.4 Å². The van der Waals surface area contributed by atoms with Gasteiger partial charge in [-0.2, -0.15) is 0 Å². The molecule has 2 aromatic carbocycles. The van der Waals surface area contributed by atoms with Gasteiger partial charge in [0.25, 0.3) is 0 Å². The first-order valence-corrected chi connectivity index (χ1v) is 7.30. The van der Waals surface area contributed by atoms with Crippen molar-refractivity contribution in [1.29, 1.82) is 0 Å². The Morgan fingerprint density at radius 2 is 1.20 bits per heavy atom. The molecule has 0 radical (unpaired) electrons. The second-order valence-electron chi connectivity index (χ2n) is 4.96. The lowest BCUT2D eigenvalue weighted by Gasteiger charge is -2.16. The van der Waals surface area contributed by atoms with Crippen molar-refractivity contribution in [3.63, 3.8) is 0 Å². The molecule has 7 heteroatoms. The number of rotatable bonds is 7. The van der Waals surface area contributed by atoms with Crippen LogP contribution in [0.1, 0.15) is 15.9 Å². The van der Waals surface area contributed by atoms with Gasteiger partial charge in [0.05, 0.1) is 41.1 Å². The maximum absolute atomic E-state index is 13.0. The third kappa shape index (κ3) is 3.40. The molecule has 0 heterocycles. The Balaban J connectivity index is 2.65. The van der Waals surface area contributed by atoms with E-state index in [1.165, 1.54) is 47.7 Å². The summed E-state index contributed by atoms with van der Waals surface area (Å²) in [5, 5.41) is 10.2. The molecule has 134 valence electrons. The fourth-order valence-corrected chi connectivity index (χ4v) is 2.41. The van der Waals surface area contributed by atoms with Crippen molar-refractivity contribution in [3.8, 4) is 34.5 Å². The Bertz CT molecular complexity index is 758. The molecule has 0 bridgehead atoms. The molecule has 0 atom stereocenters. The summed E-state index contributed by atoms with van der Waals surface area (Å²) >= 11 is 0. The zero-order valence-corrected chi connectivity index (χ0v) is 14.7. The molecule has 0 saturated heterocycles. The summed E-state index contributed by atoms with van der Waals surface area (Å²) in [7, 11) is 7.24. The van der Waals surface area contributed by atoms with Crippen LogP contribution in [0.4, 0.5) is 0 Å². The van der Waals surface area contributed by atoms with E-state index in [2.05, 4.69) is 0 Å². The molecule has 2 aromatic rings. The fraction of sp³-hybridized carbons (Fsp3) is 0.278. The molecule has 7 nitrogen and oxygen atoms in total.